The second-order valence-corrected chi connectivity index (χ2v) is 5.56. The van der Waals surface area contributed by atoms with Gasteiger partial charge in [0.2, 0.25) is 0 Å². The Morgan fingerprint density at radius 1 is 1.36 bits per heavy atom. The molecule has 1 unspecified atom stereocenters. The first-order valence-electron chi connectivity index (χ1n) is 6.61. The standard InChI is InChI=1S/C15H16ClN3O3/c1-15(14(21)22,10-6-4-3-5-7-10)9-17-13(20)12-11(16)8-18-19(12)2/h3-8H,9H2,1-2H3,(H,17,20)(H,21,22). The average Bonchev–Trinajstić information content (AvgIpc) is 2.84. The van der Waals surface area contributed by atoms with Gasteiger partial charge in [0.05, 0.1) is 11.2 Å². The molecular formula is C15H16ClN3O3. The summed E-state index contributed by atoms with van der Waals surface area (Å²) in [6, 6.07) is 8.76. The lowest BCUT2D eigenvalue weighted by Crippen LogP contribution is -2.44. The molecule has 0 saturated carbocycles. The Kier molecular flexibility index (Phi) is 4.51. The van der Waals surface area contributed by atoms with E-state index in [1.165, 1.54) is 10.9 Å². The lowest BCUT2D eigenvalue weighted by Gasteiger charge is -2.25. The Labute approximate surface area is 132 Å². The van der Waals surface area contributed by atoms with E-state index in [0.717, 1.165) is 0 Å². The fourth-order valence-corrected chi connectivity index (χ4v) is 2.37. The number of halogens is 1. The summed E-state index contributed by atoms with van der Waals surface area (Å²) in [4.78, 5) is 23.9. The van der Waals surface area contributed by atoms with Crippen molar-refractivity contribution in [3.63, 3.8) is 0 Å². The second kappa shape index (κ2) is 6.19. The minimum atomic E-state index is -1.23. The van der Waals surface area contributed by atoms with Gasteiger partial charge in [-0.05, 0) is 12.5 Å². The highest BCUT2D eigenvalue weighted by atomic mass is 35.5. The molecule has 116 valence electrons. The normalized spacial score (nSPS) is 13.4. The van der Waals surface area contributed by atoms with Gasteiger partial charge in [0.15, 0.2) is 0 Å². The highest BCUT2D eigenvalue weighted by Crippen LogP contribution is 2.23. The topological polar surface area (TPSA) is 84.2 Å². The number of rotatable bonds is 5. The van der Waals surface area contributed by atoms with Gasteiger partial charge in [-0.25, -0.2) is 0 Å². The van der Waals surface area contributed by atoms with Gasteiger partial charge in [-0.2, -0.15) is 5.10 Å². The van der Waals surface area contributed by atoms with Crippen LogP contribution in [0.5, 0.6) is 0 Å². The van der Waals surface area contributed by atoms with Gasteiger partial charge in [0, 0.05) is 13.6 Å². The quantitative estimate of drug-likeness (QED) is 0.880. The van der Waals surface area contributed by atoms with Crippen LogP contribution in [0, 0.1) is 0 Å². The Hall–Kier alpha value is -2.34. The van der Waals surface area contributed by atoms with E-state index in [-0.39, 0.29) is 17.3 Å². The van der Waals surface area contributed by atoms with Crippen LogP contribution in [-0.2, 0) is 17.3 Å². The van der Waals surface area contributed by atoms with Gasteiger partial charge in [-0.3, -0.25) is 14.3 Å². The third-order valence-electron chi connectivity index (χ3n) is 3.59. The molecule has 0 aliphatic heterocycles. The highest BCUT2D eigenvalue weighted by molar-refractivity contribution is 6.33. The molecule has 22 heavy (non-hydrogen) atoms. The van der Waals surface area contributed by atoms with Crippen molar-refractivity contribution in [2.45, 2.75) is 12.3 Å². The molecule has 0 radical (unpaired) electrons. The molecule has 1 aromatic heterocycles. The van der Waals surface area contributed by atoms with Crippen LogP contribution < -0.4 is 5.32 Å². The lowest BCUT2D eigenvalue weighted by atomic mass is 9.82. The molecule has 0 spiro atoms. The van der Waals surface area contributed by atoms with Crippen LogP contribution in [0.3, 0.4) is 0 Å². The van der Waals surface area contributed by atoms with Gasteiger partial charge < -0.3 is 10.4 Å². The van der Waals surface area contributed by atoms with Crippen molar-refractivity contribution in [3.8, 4) is 0 Å². The molecule has 6 nitrogen and oxygen atoms in total. The molecule has 0 aliphatic rings. The zero-order valence-electron chi connectivity index (χ0n) is 12.2. The molecule has 1 heterocycles. The van der Waals surface area contributed by atoms with Crippen molar-refractivity contribution in [3.05, 3.63) is 52.8 Å². The first-order valence-corrected chi connectivity index (χ1v) is 6.98. The fraction of sp³-hybridized carbons (Fsp3) is 0.267. The summed E-state index contributed by atoms with van der Waals surface area (Å²) in [5, 5.41) is 16.3. The number of carbonyl (C=O) groups is 2. The monoisotopic (exact) mass is 321 g/mol. The van der Waals surface area contributed by atoms with Crippen molar-refractivity contribution in [2.24, 2.45) is 7.05 Å². The maximum atomic E-state index is 12.2. The number of carboxylic acids is 1. The van der Waals surface area contributed by atoms with Crippen LogP contribution in [0.1, 0.15) is 23.0 Å². The zero-order chi connectivity index (χ0) is 16.3. The van der Waals surface area contributed by atoms with E-state index in [9.17, 15) is 14.7 Å². The number of aryl methyl sites for hydroxylation is 1. The van der Waals surface area contributed by atoms with Gasteiger partial charge in [0.1, 0.15) is 11.1 Å². The molecule has 2 rings (SSSR count). The molecule has 1 aromatic carbocycles. The molecule has 2 N–H and O–H groups in total. The first-order chi connectivity index (χ1) is 10.4. The van der Waals surface area contributed by atoms with Crippen LogP contribution >= 0.6 is 11.6 Å². The Morgan fingerprint density at radius 2 is 2.00 bits per heavy atom. The van der Waals surface area contributed by atoms with Crippen LogP contribution in [0.2, 0.25) is 5.02 Å². The molecular weight excluding hydrogens is 306 g/mol. The van der Waals surface area contributed by atoms with Gasteiger partial charge in [-0.15, -0.1) is 0 Å². The number of carbonyl (C=O) groups excluding carboxylic acids is 1. The SMILES string of the molecule is Cn1ncc(Cl)c1C(=O)NCC(C)(C(=O)O)c1ccccc1. The minimum Gasteiger partial charge on any atom is -0.481 e. The number of nitrogens with one attached hydrogen (secondary N) is 1. The molecule has 1 amide bonds. The molecule has 0 aliphatic carbocycles. The number of benzene rings is 1. The van der Waals surface area contributed by atoms with Crippen LogP contribution in [0.4, 0.5) is 0 Å². The molecule has 2 aromatic rings. The number of nitrogens with zero attached hydrogens (tertiary/aromatic N) is 2. The summed E-state index contributed by atoms with van der Waals surface area (Å²) in [7, 11) is 1.59. The summed E-state index contributed by atoms with van der Waals surface area (Å²) >= 11 is 5.91. The number of hydrogen-bond acceptors (Lipinski definition) is 3. The first kappa shape index (κ1) is 16.0. The third kappa shape index (κ3) is 2.96. The van der Waals surface area contributed by atoms with Crippen molar-refractivity contribution in [1.29, 1.82) is 0 Å². The van der Waals surface area contributed by atoms with E-state index in [4.69, 9.17) is 11.6 Å². The molecule has 0 saturated heterocycles. The summed E-state index contributed by atoms with van der Waals surface area (Å²) in [5.41, 5.74) is -0.427. The van der Waals surface area contributed by atoms with Crippen molar-refractivity contribution in [1.82, 2.24) is 15.1 Å². The van der Waals surface area contributed by atoms with Gasteiger partial charge >= 0.3 is 5.97 Å². The largest absolute Gasteiger partial charge is 0.481 e. The van der Waals surface area contributed by atoms with Crippen LogP contribution in [0.25, 0.3) is 0 Å². The van der Waals surface area contributed by atoms with E-state index < -0.39 is 17.3 Å². The number of hydrogen-bond donors (Lipinski definition) is 2. The number of amides is 1. The van der Waals surface area contributed by atoms with Crippen LogP contribution in [-0.4, -0.2) is 33.3 Å². The maximum absolute atomic E-state index is 12.2. The maximum Gasteiger partial charge on any atom is 0.315 e. The Morgan fingerprint density at radius 3 is 2.50 bits per heavy atom. The zero-order valence-corrected chi connectivity index (χ0v) is 13.0. The summed E-state index contributed by atoms with van der Waals surface area (Å²) in [6.07, 6.45) is 1.37. The van der Waals surface area contributed by atoms with Crippen molar-refractivity contribution < 1.29 is 14.7 Å². The average molecular weight is 322 g/mol. The Balaban J connectivity index is 2.20. The number of aliphatic carboxylic acids is 1. The summed E-state index contributed by atoms with van der Waals surface area (Å²) in [5.74, 6) is -1.48. The summed E-state index contributed by atoms with van der Waals surface area (Å²) < 4.78 is 1.35. The molecule has 0 bridgehead atoms. The number of carboxylic acid groups (broad SMARTS) is 1. The third-order valence-corrected chi connectivity index (χ3v) is 3.87. The van der Waals surface area contributed by atoms with E-state index in [2.05, 4.69) is 10.4 Å². The predicted octanol–water partition coefficient (Wildman–Crippen LogP) is 1.85. The smallest absolute Gasteiger partial charge is 0.315 e. The predicted molar refractivity (Wildman–Crippen MR) is 82.0 cm³/mol. The van der Waals surface area contributed by atoms with E-state index >= 15 is 0 Å². The molecule has 1 atom stereocenters. The van der Waals surface area contributed by atoms with Gasteiger partial charge in [0.25, 0.3) is 5.91 Å². The lowest BCUT2D eigenvalue weighted by molar-refractivity contribution is -0.142. The fourth-order valence-electron chi connectivity index (χ4n) is 2.11. The Bertz CT molecular complexity index is 680. The highest BCUT2D eigenvalue weighted by Gasteiger charge is 2.36. The van der Waals surface area contributed by atoms with Crippen molar-refractivity contribution >= 4 is 23.5 Å². The number of aromatic nitrogens is 2. The van der Waals surface area contributed by atoms with E-state index in [0.29, 0.717) is 5.56 Å². The minimum absolute atomic E-state index is 0.0628. The van der Waals surface area contributed by atoms with E-state index in [1.54, 1.807) is 44.3 Å². The summed E-state index contributed by atoms with van der Waals surface area (Å²) in [6.45, 7) is 1.50. The second-order valence-electron chi connectivity index (χ2n) is 5.15. The molecule has 7 heteroatoms. The molecule has 0 fully saturated rings. The van der Waals surface area contributed by atoms with E-state index in [1.807, 2.05) is 0 Å². The van der Waals surface area contributed by atoms with Crippen molar-refractivity contribution in [2.75, 3.05) is 6.54 Å². The van der Waals surface area contributed by atoms with Gasteiger partial charge in [-0.1, -0.05) is 41.9 Å². The van der Waals surface area contributed by atoms with Crippen LogP contribution in [0.15, 0.2) is 36.5 Å².